The molecule has 0 radical (unpaired) electrons. The number of carbonyl (C=O) groups excluding carboxylic acids is 1. The molecular weight excluding hydrogens is 506 g/mol. The lowest BCUT2D eigenvalue weighted by Gasteiger charge is -2.44. The fourth-order valence-corrected chi connectivity index (χ4v) is 6.16. The Morgan fingerprint density at radius 2 is 1.79 bits per heavy atom. The van der Waals surface area contributed by atoms with E-state index in [-0.39, 0.29) is 23.8 Å². The van der Waals surface area contributed by atoms with Crippen molar-refractivity contribution in [3.05, 3.63) is 71.2 Å². The Kier molecular flexibility index (Phi) is 7.67. The van der Waals surface area contributed by atoms with Crippen LogP contribution in [-0.4, -0.2) is 76.2 Å². The smallest absolute Gasteiger partial charge is 0.255 e. The standard InChI is InChI=1S/C30H35N7OS/c1-7-22-8-9-27(29(34-22)39-6)33-20(3)24-14-19(2)15-26-25(24)16-28(35(5)30(26)38)37-12-10-36(11-13-37)23-17-31-21(4)32-18-23/h1,8-9,14-18,20,24-25,33H,10-13H2,2-6H3/t20-,24?,25?/m1/s1. The van der Waals surface area contributed by atoms with Crippen LogP contribution in [0.15, 0.2) is 64.7 Å². The van der Waals surface area contributed by atoms with Crippen molar-refractivity contribution in [2.45, 2.75) is 31.8 Å². The van der Waals surface area contributed by atoms with Crippen molar-refractivity contribution in [3.8, 4) is 12.3 Å². The number of amides is 1. The number of nitrogens with zero attached hydrogens (tertiary/aromatic N) is 6. The molecule has 0 aromatic carbocycles. The van der Waals surface area contributed by atoms with E-state index in [0.29, 0.717) is 5.69 Å². The minimum absolute atomic E-state index is 0.0194. The van der Waals surface area contributed by atoms with E-state index in [9.17, 15) is 4.79 Å². The SMILES string of the molecule is C#Cc1ccc(N[C@H](C)C2C=C(C)C=C3C(=O)N(C)C(N4CCN(c5cnc(C)nc5)CC4)=CC32)c(SC)n1. The highest BCUT2D eigenvalue weighted by molar-refractivity contribution is 7.98. The van der Waals surface area contributed by atoms with E-state index >= 15 is 0 Å². The number of hydrogen-bond donors (Lipinski definition) is 1. The van der Waals surface area contributed by atoms with Crippen molar-refractivity contribution in [3.63, 3.8) is 0 Å². The zero-order valence-electron chi connectivity index (χ0n) is 23.2. The summed E-state index contributed by atoms with van der Waals surface area (Å²) < 4.78 is 0. The molecule has 0 spiro atoms. The van der Waals surface area contributed by atoms with Crippen molar-refractivity contribution in [2.24, 2.45) is 11.8 Å². The van der Waals surface area contributed by atoms with Crippen LogP contribution in [0.4, 0.5) is 11.4 Å². The van der Waals surface area contributed by atoms with Gasteiger partial charge in [-0.3, -0.25) is 9.69 Å². The second-order valence-electron chi connectivity index (χ2n) is 10.3. The molecule has 0 bridgehead atoms. The number of piperazine rings is 1. The van der Waals surface area contributed by atoms with Crippen molar-refractivity contribution in [2.75, 3.05) is 49.7 Å². The summed E-state index contributed by atoms with van der Waals surface area (Å²) in [6.07, 6.45) is 18.0. The van der Waals surface area contributed by atoms with E-state index in [1.165, 1.54) is 0 Å². The van der Waals surface area contributed by atoms with Crippen molar-refractivity contribution < 1.29 is 4.79 Å². The zero-order valence-corrected chi connectivity index (χ0v) is 24.0. The fraction of sp³-hybridized carbons (Fsp3) is 0.400. The number of rotatable bonds is 6. The number of carbonyl (C=O) groups is 1. The van der Waals surface area contributed by atoms with Gasteiger partial charge in [0.15, 0.2) is 0 Å². The minimum atomic E-state index is -0.0194. The van der Waals surface area contributed by atoms with Gasteiger partial charge in [-0.1, -0.05) is 23.6 Å². The third kappa shape index (κ3) is 5.39. The maximum atomic E-state index is 13.7. The molecule has 1 amide bonds. The second-order valence-corrected chi connectivity index (χ2v) is 11.1. The number of terminal acetylenes is 1. The summed E-state index contributed by atoms with van der Waals surface area (Å²) in [7, 11) is 1.89. The van der Waals surface area contributed by atoms with Crippen LogP contribution in [0.2, 0.25) is 0 Å². The summed E-state index contributed by atoms with van der Waals surface area (Å²) in [5, 5.41) is 4.55. The molecule has 1 N–H and O–H groups in total. The molecule has 9 heteroatoms. The minimum Gasteiger partial charge on any atom is -0.380 e. The number of hydrogen-bond acceptors (Lipinski definition) is 8. The number of aryl methyl sites for hydroxylation is 1. The van der Waals surface area contributed by atoms with E-state index in [4.69, 9.17) is 6.42 Å². The van der Waals surface area contributed by atoms with Crippen LogP contribution in [-0.2, 0) is 4.79 Å². The Morgan fingerprint density at radius 1 is 1.10 bits per heavy atom. The Bertz CT molecular complexity index is 1380. The molecule has 2 aromatic heterocycles. The summed E-state index contributed by atoms with van der Waals surface area (Å²) in [4.78, 5) is 33.4. The average molecular weight is 542 g/mol. The number of aromatic nitrogens is 3. The van der Waals surface area contributed by atoms with Gasteiger partial charge >= 0.3 is 0 Å². The third-order valence-electron chi connectivity index (χ3n) is 7.73. The highest BCUT2D eigenvalue weighted by atomic mass is 32.2. The van der Waals surface area contributed by atoms with Gasteiger partial charge in [0.05, 0.1) is 23.8 Å². The predicted molar refractivity (Wildman–Crippen MR) is 157 cm³/mol. The molecule has 1 aliphatic carbocycles. The lowest BCUT2D eigenvalue weighted by atomic mass is 9.74. The molecule has 5 rings (SSSR count). The first-order chi connectivity index (χ1) is 18.8. The van der Waals surface area contributed by atoms with Crippen LogP contribution < -0.4 is 10.2 Å². The normalized spacial score (nSPS) is 21.9. The van der Waals surface area contributed by atoms with Gasteiger partial charge in [0.2, 0.25) is 0 Å². The van der Waals surface area contributed by atoms with Crippen molar-refractivity contribution in [1.29, 1.82) is 0 Å². The third-order valence-corrected chi connectivity index (χ3v) is 8.43. The van der Waals surface area contributed by atoms with Gasteiger partial charge in [0, 0.05) is 56.7 Å². The fourth-order valence-electron chi connectivity index (χ4n) is 5.62. The molecule has 3 atom stereocenters. The summed E-state index contributed by atoms with van der Waals surface area (Å²) in [6, 6.07) is 3.92. The van der Waals surface area contributed by atoms with Crippen molar-refractivity contribution in [1.82, 2.24) is 24.8 Å². The lowest BCUT2D eigenvalue weighted by molar-refractivity contribution is -0.126. The zero-order chi connectivity index (χ0) is 27.7. The van der Waals surface area contributed by atoms with Gasteiger partial charge in [-0.05, 0) is 45.2 Å². The number of thioether (sulfide) groups is 1. The molecular formula is C30H35N7OS. The molecule has 1 fully saturated rings. The van der Waals surface area contributed by atoms with E-state index in [1.54, 1.807) is 11.8 Å². The molecule has 8 nitrogen and oxygen atoms in total. The Balaban J connectivity index is 1.37. The Morgan fingerprint density at radius 3 is 2.46 bits per heavy atom. The second kappa shape index (κ2) is 11.1. The molecule has 39 heavy (non-hydrogen) atoms. The first kappa shape index (κ1) is 26.8. The molecule has 202 valence electrons. The van der Waals surface area contributed by atoms with Gasteiger partial charge in [-0.15, -0.1) is 18.2 Å². The predicted octanol–water partition coefficient (Wildman–Crippen LogP) is 3.94. The Hall–Kier alpha value is -3.77. The van der Waals surface area contributed by atoms with Crippen LogP contribution in [0.25, 0.3) is 0 Å². The summed E-state index contributed by atoms with van der Waals surface area (Å²) in [5.74, 6) is 4.52. The van der Waals surface area contributed by atoms with Gasteiger partial charge in [-0.2, -0.15) is 0 Å². The molecule has 3 aliphatic rings. The highest BCUT2D eigenvalue weighted by Gasteiger charge is 2.40. The topological polar surface area (TPSA) is 77.5 Å². The average Bonchev–Trinajstić information content (AvgIpc) is 2.95. The summed E-state index contributed by atoms with van der Waals surface area (Å²) in [6.45, 7) is 9.47. The molecule has 2 aromatic rings. The van der Waals surface area contributed by atoms with E-state index in [2.05, 4.69) is 62.0 Å². The number of allylic oxidation sites excluding steroid dienone is 3. The summed E-state index contributed by atoms with van der Waals surface area (Å²) in [5.41, 5.74) is 4.57. The number of fused-ring (bicyclic) bond motifs is 1. The van der Waals surface area contributed by atoms with Crippen LogP contribution in [0.3, 0.4) is 0 Å². The Labute approximate surface area is 235 Å². The largest absolute Gasteiger partial charge is 0.380 e. The van der Waals surface area contributed by atoms with Gasteiger partial charge < -0.3 is 15.1 Å². The number of likely N-dealkylation sites (N-methyl/N-ethyl adjacent to an activating group) is 1. The van der Waals surface area contributed by atoms with Crippen LogP contribution >= 0.6 is 11.8 Å². The summed E-state index contributed by atoms with van der Waals surface area (Å²) >= 11 is 1.57. The van der Waals surface area contributed by atoms with E-state index in [1.807, 2.05) is 55.7 Å². The van der Waals surface area contributed by atoms with E-state index in [0.717, 1.165) is 65.4 Å². The highest BCUT2D eigenvalue weighted by Crippen LogP contribution is 2.40. The molecule has 1 saturated heterocycles. The number of pyridine rings is 1. The molecule has 2 unspecified atom stereocenters. The number of nitrogens with one attached hydrogen (secondary N) is 1. The monoisotopic (exact) mass is 541 g/mol. The maximum Gasteiger partial charge on any atom is 0.255 e. The van der Waals surface area contributed by atoms with Gasteiger partial charge in [0.25, 0.3) is 5.91 Å². The van der Waals surface area contributed by atoms with E-state index < -0.39 is 0 Å². The maximum absolute atomic E-state index is 13.7. The first-order valence-electron chi connectivity index (χ1n) is 13.3. The van der Waals surface area contributed by atoms with Crippen LogP contribution in [0.5, 0.6) is 0 Å². The molecule has 4 heterocycles. The van der Waals surface area contributed by atoms with Gasteiger partial charge in [-0.25, -0.2) is 15.0 Å². The van der Waals surface area contributed by atoms with Crippen LogP contribution in [0, 0.1) is 31.1 Å². The molecule has 2 aliphatic heterocycles. The lowest BCUT2D eigenvalue weighted by Crippen LogP contribution is -2.51. The quantitative estimate of drug-likeness (QED) is 0.435. The van der Waals surface area contributed by atoms with Crippen molar-refractivity contribution >= 4 is 29.0 Å². The number of anilines is 2. The van der Waals surface area contributed by atoms with Crippen LogP contribution in [0.1, 0.15) is 25.4 Å². The first-order valence-corrected chi connectivity index (χ1v) is 14.5. The molecule has 0 saturated carbocycles. The van der Waals surface area contributed by atoms with Gasteiger partial charge in [0.1, 0.15) is 22.4 Å².